The van der Waals surface area contributed by atoms with E-state index in [-0.39, 0.29) is 10.8 Å². The first-order chi connectivity index (χ1) is 9.31. The summed E-state index contributed by atoms with van der Waals surface area (Å²) in [6.07, 6.45) is 0.749. The number of hydrogen-bond acceptors (Lipinski definition) is 2. The molecule has 22 heavy (non-hydrogen) atoms. The maximum atomic E-state index is 12.2. The van der Waals surface area contributed by atoms with Crippen LogP contribution < -0.4 is 5.32 Å². The van der Waals surface area contributed by atoms with Gasteiger partial charge in [0.05, 0.1) is 11.1 Å². The number of aliphatic hydroxyl groups is 1. The molecule has 0 aromatic rings. The molecular formula is C19H39NO2. The number of amides is 1. The smallest absolute Gasteiger partial charge is 0.207 e. The van der Waals surface area contributed by atoms with Gasteiger partial charge in [0.1, 0.15) is 0 Å². The third kappa shape index (κ3) is 2.81. The minimum atomic E-state index is -1.13. The topological polar surface area (TPSA) is 49.3 Å². The van der Waals surface area contributed by atoms with Crippen LogP contribution in [0.1, 0.15) is 83.1 Å². The first kappa shape index (κ1) is 21.4. The van der Waals surface area contributed by atoms with Crippen LogP contribution >= 0.6 is 0 Å². The van der Waals surface area contributed by atoms with E-state index in [4.69, 9.17) is 0 Å². The van der Waals surface area contributed by atoms with Gasteiger partial charge in [0.2, 0.25) is 6.41 Å². The van der Waals surface area contributed by atoms with E-state index in [1.807, 2.05) is 0 Å². The third-order valence-corrected chi connectivity index (χ3v) is 5.24. The van der Waals surface area contributed by atoms with E-state index in [2.05, 4.69) is 88.4 Å². The van der Waals surface area contributed by atoms with Crippen molar-refractivity contribution in [3.05, 3.63) is 0 Å². The van der Waals surface area contributed by atoms with Crippen LogP contribution in [-0.2, 0) is 4.79 Å². The molecule has 0 fully saturated rings. The molecule has 3 heteroatoms. The molecule has 0 bridgehead atoms. The monoisotopic (exact) mass is 313 g/mol. The lowest BCUT2D eigenvalue weighted by atomic mass is 9.42. The maximum Gasteiger partial charge on any atom is 0.207 e. The van der Waals surface area contributed by atoms with Gasteiger partial charge in [0.25, 0.3) is 0 Å². The fourth-order valence-electron chi connectivity index (χ4n) is 5.09. The van der Waals surface area contributed by atoms with Crippen LogP contribution in [0.3, 0.4) is 0 Å². The molecule has 0 saturated heterocycles. The van der Waals surface area contributed by atoms with Crippen molar-refractivity contribution < 1.29 is 9.90 Å². The van der Waals surface area contributed by atoms with E-state index in [0.29, 0.717) is 0 Å². The van der Waals surface area contributed by atoms with Gasteiger partial charge in [0.15, 0.2) is 0 Å². The molecule has 0 aliphatic heterocycles. The molecule has 0 radical (unpaired) electrons. The van der Waals surface area contributed by atoms with Crippen molar-refractivity contribution in [2.24, 2.45) is 21.7 Å². The van der Waals surface area contributed by atoms with Gasteiger partial charge in [-0.05, 0) is 21.7 Å². The highest BCUT2D eigenvalue weighted by Crippen LogP contribution is 2.61. The Morgan fingerprint density at radius 3 is 1.05 bits per heavy atom. The molecule has 132 valence electrons. The zero-order valence-electron chi connectivity index (χ0n) is 16.9. The summed E-state index contributed by atoms with van der Waals surface area (Å²) in [4.78, 5) is 11.6. The molecule has 0 spiro atoms. The van der Waals surface area contributed by atoms with E-state index >= 15 is 0 Å². The third-order valence-electron chi connectivity index (χ3n) is 5.24. The Morgan fingerprint density at radius 1 is 0.636 bits per heavy atom. The minimum Gasteiger partial charge on any atom is -0.386 e. The highest BCUT2D eigenvalue weighted by Gasteiger charge is 2.70. The van der Waals surface area contributed by atoms with Gasteiger partial charge in [-0.15, -0.1) is 0 Å². The summed E-state index contributed by atoms with van der Waals surface area (Å²) < 4.78 is 0. The average Bonchev–Trinajstić information content (AvgIpc) is 2.17. The van der Waals surface area contributed by atoms with Gasteiger partial charge < -0.3 is 10.4 Å². The van der Waals surface area contributed by atoms with Gasteiger partial charge >= 0.3 is 0 Å². The molecule has 0 rings (SSSR count). The van der Waals surface area contributed by atoms with Crippen LogP contribution in [0.15, 0.2) is 0 Å². The number of hydrogen-bond donors (Lipinski definition) is 2. The van der Waals surface area contributed by atoms with Crippen LogP contribution in [-0.4, -0.2) is 22.7 Å². The molecule has 1 amide bonds. The predicted octanol–water partition coefficient (Wildman–Crippen LogP) is 4.39. The average molecular weight is 314 g/mol. The van der Waals surface area contributed by atoms with Gasteiger partial charge in [-0.1, -0.05) is 83.1 Å². The first-order valence-electron chi connectivity index (χ1n) is 8.25. The fraction of sp³-hybridized carbons (Fsp3) is 0.947. The lowest BCUT2D eigenvalue weighted by Gasteiger charge is -2.68. The summed E-state index contributed by atoms with van der Waals surface area (Å²) in [5, 5.41) is 15.3. The van der Waals surface area contributed by atoms with E-state index in [1.165, 1.54) is 0 Å². The van der Waals surface area contributed by atoms with Crippen LogP contribution in [0, 0.1) is 21.7 Å². The van der Waals surface area contributed by atoms with Crippen LogP contribution in [0.5, 0.6) is 0 Å². The fourth-order valence-corrected chi connectivity index (χ4v) is 5.09. The van der Waals surface area contributed by atoms with Crippen molar-refractivity contribution in [3.8, 4) is 0 Å². The first-order valence-corrected chi connectivity index (χ1v) is 8.25. The molecule has 0 aromatic carbocycles. The summed E-state index contributed by atoms with van der Waals surface area (Å²) in [6.45, 7) is 24.9. The Morgan fingerprint density at radius 2 is 0.909 bits per heavy atom. The number of rotatable bonds is 3. The largest absolute Gasteiger partial charge is 0.386 e. The summed E-state index contributed by atoms with van der Waals surface area (Å²) in [5.41, 5.74) is -3.50. The van der Waals surface area contributed by atoms with Gasteiger partial charge in [0, 0.05) is 0 Å². The standard InChI is InChI=1S/C19H39NO2/c1-14(2,3)18(20-13-21,15(4,5)6)19(22,16(7,8)9)17(10,11)12/h13,22H,1-12H3,(H,20,21). The SMILES string of the molecule is CC(C)(C)C(O)(C(C)(C)C)C(NC=O)(C(C)(C)C)C(C)(C)C. The summed E-state index contributed by atoms with van der Waals surface area (Å²) in [7, 11) is 0. The van der Waals surface area contributed by atoms with Gasteiger partial charge in [-0.3, -0.25) is 4.79 Å². The molecular weight excluding hydrogens is 274 g/mol. The molecule has 0 unspecified atom stereocenters. The molecule has 0 saturated carbocycles. The van der Waals surface area contributed by atoms with Crippen LogP contribution in [0.25, 0.3) is 0 Å². The summed E-state index contributed by atoms with van der Waals surface area (Å²) in [6, 6.07) is 0. The lowest BCUT2D eigenvalue weighted by molar-refractivity contribution is -0.249. The second-order valence-corrected chi connectivity index (χ2v) is 10.7. The number of nitrogens with one attached hydrogen (secondary N) is 1. The van der Waals surface area contributed by atoms with E-state index < -0.39 is 22.0 Å². The molecule has 0 aliphatic carbocycles. The Labute approximate surface area is 138 Å². The normalized spacial score (nSPS) is 15.7. The van der Waals surface area contributed by atoms with Gasteiger partial charge in [-0.25, -0.2) is 0 Å². The van der Waals surface area contributed by atoms with Crippen molar-refractivity contribution in [1.82, 2.24) is 5.32 Å². The second-order valence-electron chi connectivity index (χ2n) is 10.7. The Kier molecular flexibility index (Phi) is 5.36. The zero-order chi connectivity index (χ0) is 18.4. The Balaban J connectivity index is 7.08. The van der Waals surface area contributed by atoms with Crippen molar-refractivity contribution in [2.45, 2.75) is 94.2 Å². The van der Waals surface area contributed by atoms with Gasteiger partial charge in [-0.2, -0.15) is 0 Å². The highest BCUT2D eigenvalue weighted by atomic mass is 16.3. The van der Waals surface area contributed by atoms with E-state index in [1.54, 1.807) is 0 Å². The minimum absolute atomic E-state index is 0.346. The molecule has 0 heterocycles. The highest BCUT2D eigenvalue weighted by molar-refractivity contribution is 5.51. The second kappa shape index (κ2) is 5.51. The number of carbonyl (C=O) groups is 1. The molecule has 2 N–H and O–H groups in total. The Bertz CT molecular complexity index is 369. The summed E-state index contributed by atoms with van der Waals surface area (Å²) in [5.74, 6) is 0. The molecule has 0 aromatic heterocycles. The number of carbonyl (C=O) groups excluding carboxylic acids is 1. The van der Waals surface area contributed by atoms with Crippen molar-refractivity contribution in [1.29, 1.82) is 0 Å². The lowest BCUT2D eigenvalue weighted by Crippen LogP contribution is -2.81. The predicted molar refractivity (Wildman–Crippen MR) is 94.7 cm³/mol. The zero-order valence-corrected chi connectivity index (χ0v) is 16.9. The quantitative estimate of drug-likeness (QED) is 0.759. The molecule has 0 atom stereocenters. The molecule has 3 nitrogen and oxygen atoms in total. The maximum absolute atomic E-state index is 12.2. The van der Waals surface area contributed by atoms with Crippen LogP contribution in [0.2, 0.25) is 0 Å². The Hall–Kier alpha value is -0.570. The van der Waals surface area contributed by atoms with E-state index in [9.17, 15) is 9.90 Å². The molecule has 0 aliphatic rings. The van der Waals surface area contributed by atoms with E-state index in [0.717, 1.165) is 6.41 Å². The van der Waals surface area contributed by atoms with Crippen molar-refractivity contribution >= 4 is 6.41 Å². The van der Waals surface area contributed by atoms with Crippen LogP contribution in [0.4, 0.5) is 0 Å². The summed E-state index contributed by atoms with van der Waals surface area (Å²) >= 11 is 0. The van der Waals surface area contributed by atoms with Crippen molar-refractivity contribution in [3.63, 3.8) is 0 Å². The van der Waals surface area contributed by atoms with Crippen molar-refractivity contribution in [2.75, 3.05) is 0 Å².